The van der Waals surface area contributed by atoms with E-state index in [1.807, 2.05) is 30.3 Å². The molecule has 52 heavy (non-hydrogen) atoms. The summed E-state index contributed by atoms with van der Waals surface area (Å²) >= 11 is 0. The van der Waals surface area contributed by atoms with E-state index in [2.05, 4.69) is 138 Å². The number of nitrogens with zero attached hydrogens (tertiary/aromatic N) is 1. The van der Waals surface area contributed by atoms with Crippen LogP contribution in [0.5, 0.6) is 0 Å². The Labute approximate surface area is 296 Å². The summed E-state index contributed by atoms with van der Waals surface area (Å²) in [6, 6.07) is 57.7. The minimum Gasteiger partial charge on any atom is -0.456 e. The molecule has 0 aliphatic rings. The number of hydrogen-bond acceptors (Lipinski definition) is 3. The average molecular weight is 666 g/mol. The maximum absolute atomic E-state index is 6.73. The van der Waals surface area contributed by atoms with Crippen molar-refractivity contribution in [3.05, 3.63) is 164 Å². The highest BCUT2D eigenvalue weighted by Crippen LogP contribution is 2.45. The first-order valence-electron chi connectivity index (χ1n) is 17.6. The lowest BCUT2D eigenvalue weighted by molar-refractivity contribution is 0.668. The highest BCUT2D eigenvalue weighted by atomic mass is 16.3. The van der Waals surface area contributed by atoms with Gasteiger partial charge in [-0.3, -0.25) is 0 Å². The van der Waals surface area contributed by atoms with Gasteiger partial charge in [0, 0.05) is 48.8 Å². The Morgan fingerprint density at radius 3 is 1.48 bits per heavy atom. The van der Waals surface area contributed by atoms with Gasteiger partial charge in [0.05, 0.1) is 11.0 Å². The molecule has 8 aromatic carbocycles. The predicted molar refractivity (Wildman–Crippen MR) is 213 cm³/mol. The first-order chi connectivity index (χ1) is 25.8. The maximum atomic E-state index is 6.73. The number of hydrogen-bond donors (Lipinski definition) is 0. The molecule has 0 saturated heterocycles. The van der Waals surface area contributed by atoms with Gasteiger partial charge in [0.15, 0.2) is 5.58 Å². The quantitative estimate of drug-likeness (QED) is 0.189. The first-order valence-corrected chi connectivity index (χ1v) is 17.6. The van der Waals surface area contributed by atoms with Gasteiger partial charge in [0.25, 0.3) is 0 Å². The Hall–Kier alpha value is -7.04. The lowest BCUT2D eigenvalue weighted by Crippen LogP contribution is -1.96. The molecule has 0 saturated carbocycles. The van der Waals surface area contributed by atoms with E-state index < -0.39 is 0 Å². The van der Waals surface area contributed by atoms with Crippen LogP contribution in [0, 0.1) is 0 Å². The summed E-state index contributed by atoms with van der Waals surface area (Å²) in [4.78, 5) is 0. The molecule has 0 radical (unpaired) electrons. The minimum absolute atomic E-state index is 0.870. The van der Waals surface area contributed by atoms with E-state index in [0.717, 1.165) is 110 Å². The van der Waals surface area contributed by atoms with E-state index in [1.165, 1.54) is 5.39 Å². The summed E-state index contributed by atoms with van der Waals surface area (Å²) in [7, 11) is 0. The van der Waals surface area contributed by atoms with Gasteiger partial charge >= 0.3 is 0 Å². The summed E-state index contributed by atoms with van der Waals surface area (Å²) in [5.41, 5.74) is 12.9. The summed E-state index contributed by atoms with van der Waals surface area (Å²) in [6.45, 7) is 0. The summed E-state index contributed by atoms with van der Waals surface area (Å²) in [5.74, 6) is 0. The largest absolute Gasteiger partial charge is 0.456 e. The molecule has 0 aliphatic carbocycles. The van der Waals surface area contributed by atoms with Crippen LogP contribution < -0.4 is 0 Å². The minimum atomic E-state index is 0.870. The molecule has 0 amide bonds. The van der Waals surface area contributed by atoms with Crippen molar-refractivity contribution in [1.29, 1.82) is 0 Å². The average Bonchev–Trinajstić information content (AvgIpc) is 3.96. The maximum Gasteiger partial charge on any atom is 0.160 e. The molecule has 0 spiro atoms. The fraction of sp³-hybridized carbons (Fsp3) is 0. The summed E-state index contributed by atoms with van der Waals surface area (Å²) < 4.78 is 21.9. The molecule has 4 nitrogen and oxygen atoms in total. The third-order valence-corrected chi connectivity index (χ3v) is 10.8. The van der Waals surface area contributed by atoms with Gasteiger partial charge in [-0.15, -0.1) is 0 Å². The van der Waals surface area contributed by atoms with Crippen LogP contribution in [0.1, 0.15) is 0 Å². The molecule has 4 heteroatoms. The molecule has 0 N–H and O–H groups in total. The van der Waals surface area contributed by atoms with Crippen LogP contribution in [-0.2, 0) is 0 Å². The number of benzene rings is 8. The molecular weight excluding hydrogens is 639 g/mol. The highest BCUT2D eigenvalue weighted by molar-refractivity contribution is 6.22. The second kappa shape index (κ2) is 10.3. The van der Waals surface area contributed by atoms with Crippen LogP contribution in [0.25, 0.3) is 116 Å². The fourth-order valence-corrected chi connectivity index (χ4v) is 8.58. The predicted octanol–water partition coefficient (Wildman–Crippen LogP) is 13.8. The SMILES string of the molecule is c1ccc2c(c1)oc1c2ccc2c3ccccc3n(-c3cc(-c4cccc5oc6ccccc6c45)cc(-c4cccc5oc6ccccc6c45)c3)c21. The fourth-order valence-electron chi connectivity index (χ4n) is 8.58. The Morgan fingerprint density at radius 2 is 0.846 bits per heavy atom. The van der Waals surface area contributed by atoms with Crippen molar-refractivity contribution in [3.63, 3.8) is 0 Å². The zero-order valence-electron chi connectivity index (χ0n) is 27.8. The lowest BCUT2D eigenvalue weighted by atomic mass is 9.93. The van der Waals surface area contributed by atoms with E-state index in [9.17, 15) is 0 Å². The normalized spacial score (nSPS) is 12.2. The Bertz CT molecular complexity index is 3290. The Balaban J connectivity index is 1.25. The van der Waals surface area contributed by atoms with Gasteiger partial charge in [0.2, 0.25) is 0 Å². The van der Waals surface area contributed by atoms with E-state index in [0.29, 0.717) is 0 Å². The molecule has 4 heterocycles. The van der Waals surface area contributed by atoms with Crippen molar-refractivity contribution >= 4 is 87.6 Å². The topological polar surface area (TPSA) is 44.4 Å². The third-order valence-electron chi connectivity index (χ3n) is 10.8. The molecular formula is C48H27NO3. The zero-order chi connectivity index (χ0) is 33.9. The van der Waals surface area contributed by atoms with E-state index in [4.69, 9.17) is 13.3 Å². The molecule has 242 valence electrons. The molecule has 4 aromatic heterocycles. The lowest BCUT2D eigenvalue weighted by Gasteiger charge is -2.15. The van der Waals surface area contributed by atoms with Crippen molar-refractivity contribution < 1.29 is 13.3 Å². The number of furan rings is 3. The second-order valence-corrected chi connectivity index (χ2v) is 13.6. The van der Waals surface area contributed by atoms with Gasteiger partial charge in [-0.25, -0.2) is 0 Å². The molecule has 12 aromatic rings. The van der Waals surface area contributed by atoms with Gasteiger partial charge in [-0.05, 0) is 82.9 Å². The number of fused-ring (bicyclic) bond motifs is 13. The summed E-state index contributed by atoms with van der Waals surface area (Å²) in [5, 5.41) is 8.96. The number of rotatable bonds is 3. The summed E-state index contributed by atoms with van der Waals surface area (Å²) in [6.07, 6.45) is 0. The van der Waals surface area contributed by atoms with Crippen molar-refractivity contribution in [2.24, 2.45) is 0 Å². The van der Waals surface area contributed by atoms with Gasteiger partial charge < -0.3 is 17.8 Å². The van der Waals surface area contributed by atoms with Crippen LogP contribution in [0.3, 0.4) is 0 Å². The Kier molecular flexibility index (Phi) is 5.47. The molecule has 12 rings (SSSR count). The van der Waals surface area contributed by atoms with Crippen LogP contribution in [0.2, 0.25) is 0 Å². The van der Waals surface area contributed by atoms with Crippen molar-refractivity contribution in [2.45, 2.75) is 0 Å². The van der Waals surface area contributed by atoms with E-state index in [-0.39, 0.29) is 0 Å². The molecule has 0 fully saturated rings. The second-order valence-electron chi connectivity index (χ2n) is 13.6. The van der Waals surface area contributed by atoms with Crippen LogP contribution in [0.4, 0.5) is 0 Å². The Morgan fingerprint density at radius 1 is 0.346 bits per heavy atom. The van der Waals surface area contributed by atoms with Crippen molar-refractivity contribution in [3.8, 4) is 27.9 Å². The van der Waals surface area contributed by atoms with Crippen molar-refractivity contribution in [2.75, 3.05) is 0 Å². The van der Waals surface area contributed by atoms with Gasteiger partial charge in [-0.1, -0.05) is 103 Å². The third kappa shape index (κ3) is 3.75. The van der Waals surface area contributed by atoms with Gasteiger partial charge in [-0.2, -0.15) is 0 Å². The van der Waals surface area contributed by atoms with E-state index in [1.54, 1.807) is 0 Å². The van der Waals surface area contributed by atoms with Crippen LogP contribution >= 0.6 is 0 Å². The highest BCUT2D eigenvalue weighted by Gasteiger charge is 2.22. The first kappa shape index (κ1) is 27.7. The van der Waals surface area contributed by atoms with Gasteiger partial charge in [0.1, 0.15) is 27.9 Å². The standard InChI is InChI=1S/C48H27NO3/c1-5-17-39-33(11-1)35-23-24-36-34-12-2-6-18-40(34)52-48(36)47(35)49(39)30-26-28(31-15-9-21-43-45(31)37-13-3-7-19-41(37)50-43)25-29(27-30)32-16-10-22-44-46(32)38-14-4-8-20-42(38)51-44/h1-27H. The molecule has 0 unspecified atom stereocenters. The molecule has 0 aliphatic heterocycles. The van der Waals surface area contributed by atoms with Crippen LogP contribution in [-0.4, -0.2) is 4.57 Å². The van der Waals surface area contributed by atoms with E-state index >= 15 is 0 Å². The molecule has 0 bridgehead atoms. The molecule has 0 atom stereocenters. The van der Waals surface area contributed by atoms with Crippen molar-refractivity contribution in [1.82, 2.24) is 4.57 Å². The smallest absolute Gasteiger partial charge is 0.160 e. The van der Waals surface area contributed by atoms with Crippen LogP contribution in [0.15, 0.2) is 177 Å². The zero-order valence-corrected chi connectivity index (χ0v) is 27.8. The monoisotopic (exact) mass is 665 g/mol. The number of aromatic nitrogens is 1. The number of para-hydroxylation sites is 4.